The number of likely N-dealkylation sites (tertiary alicyclic amines) is 1. The number of benzene rings is 2. The number of rotatable bonds is 5. The fourth-order valence-corrected chi connectivity index (χ4v) is 4.26. The molecule has 0 unspecified atom stereocenters. The molecule has 10 heteroatoms. The fourth-order valence-electron chi connectivity index (χ4n) is 4.07. The molecular formula is C23H25ClN4O5. The lowest BCUT2D eigenvalue weighted by atomic mass is 9.98. The zero-order valence-corrected chi connectivity index (χ0v) is 19.4. The monoisotopic (exact) mass is 472 g/mol. The van der Waals surface area contributed by atoms with E-state index in [1.807, 2.05) is 6.07 Å². The van der Waals surface area contributed by atoms with Crippen LogP contribution in [0.5, 0.6) is 17.2 Å². The van der Waals surface area contributed by atoms with E-state index in [4.69, 9.17) is 30.8 Å². The van der Waals surface area contributed by atoms with E-state index in [-0.39, 0.29) is 11.9 Å². The molecule has 0 bridgehead atoms. The van der Waals surface area contributed by atoms with E-state index in [1.165, 1.54) is 21.3 Å². The summed E-state index contributed by atoms with van der Waals surface area (Å²) in [7, 11) is 4.55. The minimum absolute atomic E-state index is 0.229. The predicted molar refractivity (Wildman–Crippen MR) is 125 cm³/mol. The van der Waals surface area contributed by atoms with Crippen molar-refractivity contribution in [3.05, 3.63) is 47.0 Å². The Labute approximate surface area is 196 Å². The zero-order chi connectivity index (χ0) is 23.6. The number of carbonyl (C=O) groups excluding carboxylic acids is 2. The van der Waals surface area contributed by atoms with Crippen LogP contribution in [-0.4, -0.2) is 62.6 Å². The van der Waals surface area contributed by atoms with Gasteiger partial charge in [-0.05, 0) is 12.1 Å². The number of nitrogens with one attached hydrogen (secondary N) is 2. The Morgan fingerprint density at radius 2 is 1.76 bits per heavy atom. The van der Waals surface area contributed by atoms with E-state index >= 15 is 0 Å². The highest BCUT2D eigenvalue weighted by Gasteiger charge is 2.43. The lowest BCUT2D eigenvalue weighted by Crippen LogP contribution is -2.53. The highest BCUT2D eigenvalue weighted by atomic mass is 35.5. The SMILES string of the molecule is COc1cc(NC(=O)N2CCC3(CC2)N=C(c2cccc(Cl)c2)C(=O)N3)cc(OC)c1OC. The first kappa shape index (κ1) is 22.7. The minimum atomic E-state index is -0.710. The van der Waals surface area contributed by atoms with Crippen LogP contribution in [-0.2, 0) is 4.79 Å². The summed E-state index contributed by atoms with van der Waals surface area (Å²) in [4.78, 5) is 31.8. The maximum atomic E-state index is 12.9. The molecule has 4 rings (SSSR count). The first-order chi connectivity index (χ1) is 15.9. The molecule has 3 amide bonds. The number of methoxy groups -OCH3 is 3. The highest BCUT2D eigenvalue weighted by molar-refractivity contribution is 6.47. The molecule has 0 radical (unpaired) electrons. The Morgan fingerprint density at radius 1 is 1.09 bits per heavy atom. The molecule has 2 N–H and O–H groups in total. The first-order valence-corrected chi connectivity index (χ1v) is 10.8. The molecule has 33 heavy (non-hydrogen) atoms. The molecule has 2 aliphatic heterocycles. The van der Waals surface area contributed by atoms with Gasteiger partial charge in [0, 0.05) is 48.6 Å². The van der Waals surface area contributed by atoms with Gasteiger partial charge >= 0.3 is 6.03 Å². The Kier molecular flexibility index (Phi) is 6.33. The number of ether oxygens (including phenoxy) is 3. The number of carbonyl (C=O) groups is 2. The second kappa shape index (κ2) is 9.19. The number of hydrogen-bond acceptors (Lipinski definition) is 6. The van der Waals surface area contributed by atoms with Crippen LogP contribution in [0.25, 0.3) is 0 Å². The van der Waals surface area contributed by atoms with Crippen molar-refractivity contribution in [3.8, 4) is 17.2 Å². The molecule has 174 valence electrons. The summed E-state index contributed by atoms with van der Waals surface area (Å²) in [6, 6.07) is 10.1. The summed E-state index contributed by atoms with van der Waals surface area (Å²) in [6.07, 6.45) is 1.01. The van der Waals surface area contributed by atoms with Crippen LogP contribution in [0.15, 0.2) is 41.4 Å². The van der Waals surface area contributed by atoms with Gasteiger partial charge in [-0.25, -0.2) is 4.79 Å². The number of nitrogens with zero attached hydrogens (tertiary/aromatic N) is 2. The Morgan fingerprint density at radius 3 is 2.33 bits per heavy atom. The van der Waals surface area contributed by atoms with E-state index < -0.39 is 5.66 Å². The largest absolute Gasteiger partial charge is 0.493 e. The summed E-state index contributed by atoms with van der Waals surface area (Å²) < 4.78 is 16.0. The van der Waals surface area contributed by atoms with Crippen LogP contribution >= 0.6 is 11.6 Å². The molecule has 2 aliphatic rings. The van der Waals surface area contributed by atoms with E-state index in [1.54, 1.807) is 35.2 Å². The van der Waals surface area contributed by atoms with Gasteiger partial charge in [0.05, 0.1) is 27.0 Å². The maximum Gasteiger partial charge on any atom is 0.321 e. The third kappa shape index (κ3) is 4.54. The second-order valence-electron chi connectivity index (χ2n) is 7.79. The lowest BCUT2D eigenvalue weighted by molar-refractivity contribution is -0.115. The average Bonchev–Trinajstić information content (AvgIpc) is 3.14. The summed E-state index contributed by atoms with van der Waals surface area (Å²) in [5, 5.41) is 6.42. The van der Waals surface area contributed by atoms with Crippen molar-refractivity contribution in [2.75, 3.05) is 39.7 Å². The molecule has 0 saturated carbocycles. The second-order valence-corrected chi connectivity index (χ2v) is 8.22. The molecule has 0 aromatic heterocycles. The molecule has 2 aromatic rings. The van der Waals surface area contributed by atoms with Crippen LogP contribution in [0.1, 0.15) is 18.4 Å². The fraction of sp³-hybridized carbons (Fsp3) is 0.348. The zero-order valence-electron chi connectivity index (χ0n) is 18.6. The third-order valence-electron chi connectivity index (χ3n) is 5.78. The summed E-state index contributed by atoms with van der Waals surface area (Å²) in [5.74, 6) is 1.11. The van der Waals surface area contributed by atoms with Crippen molar-refractivity contribution < 1.29 is 23.8 Å². The van der Waals surface area contributed by atoms with Crippen molar-refractivity contribution in [1.82, 2.24) is 10.2 Å². The van der Waals surface area contributed by atoms with Gasteiger partial charge in [0.2, 0.25) is 5.75 Å². The van der Waals surface area contributed by atoms with Gasteiger partial charge in [-0.2, -0.15) is 0 Å². The number of amides is 3. The van der Waals surface area contributed by atoms with Gasteiger partial charge in [-0.1, -0.05) is 23.7 Å². The average molecular weight is 473 g/mol. The molecule has 9 nitrogen and oxygen atoms in total. The highest BCUT2D eigenvalue weighted by Crippen LogP contribution is 2.40. The van der Waals surface area contributed by atoms with E-state index in [2.05, 4.69) is 10.6 Å². The topological polar surface area (TPSA) is 101 Å². The van der Waals surface area contributed by atoms with Crippen LogP contribution in [0.4, 0.5) is 10.5 Å². The number of urea groups is 1. The van der Waals surface area contributed by atoms with Crippen molar-refractivity contribution >= 4 is 34.9 Å². The molecule has 1 fully saturated rings. The Balaban J connectivity index is 1.44. The van der Waals surface area contributed by atoms with E-state index in [9.17, 15) is 9.59 Å². The van der Waals surface area contributed by atoms with Gasteiger partial charge in [0.1, 0.15) is 11.4 Å². The standard InChI is InChI=1S/C23H25ClN4O5/c1-31-17-12-16(13-18(32-2)20(17)33-3)25-22(30)28-9-7-23(8-10-28)26-19(21(29)27-23)14-5-4-6-15(24)11-14/h4-6,11-13H,7-10H2,1-3H3,(H,25,30)(H,27,29). The number of piperidine rings is 1. The van der Waals surface area contributed by atoms with Gasteiger partial charge in [-0.15, -0.1) is 0 Å². The normalized spacial score (nSPS) is 16.8. The molecule has 0 atom stereocenters. The molecule has 2 aromatic carbocycles. The lowest BCUT2D eigenvalue weighted by Gasteiger charge is -2.37. The molecule has 2 heterocycles. The van der Waals surface area contributed by atoms with Crippen molar-refractivity contribution in [2.24, 2.45) is 4.99 Å². The van der Waals surface area contributed by atoms with Crippen LogP contribution < -0.4 is 24.8 Å². The van der Waals surface area contributed by atoms with Crippen molar-refractivity contribution in [3.63, 3.8) is 0 Å². The number of anilines is 1. The number of hydrogen-bond donors (Lipinski definition) is 2. The Hall–Kier alpha value is -3.46. The summed E-state index contributed by atoms with van der Waals surface area (Å²) >= 11 is 6.06. The Bertz CT molecular complexity index is 1090. The number of aliphatic imine (C=N–C) groups is 1. The van der Waals surface area contributed by atoms with Gasteiger partial charge in [0.25, 0.3) is 5.91 Å². The number of halogens is 1. The van der Waals surface area contributed by atoms with Crippen LogP contribution in [0, 0.1) is 0 Å². The van der Waals surface area contributed by atoms with Crippen molar-refractivity contribution in [1.29, 1.82) is 0 Å². The van der Waals surface area contributed by atoms with Gasteiger partial charge in [-0.3, -0.25) is 9.79 Å². The molecule has 1 saturated heterocycles. The van der Waals surface area contributed by atoms with Crippen LogP contribution in [0.2, 0.25) is 5.02 Å². The van der Waals surface area contributed by atoms with E-state index in [0.29, 0.717) is 65.2 Å². The van der Waals surface area contributed by atoms with E-state index in [0.717, 1.165) is 0 Å². The summed E-state index contributed by atoms with van der Waals surface area (Å²) in [5.41, 5.74) is 0.857. The van der Waals surface area contributed by atoms with Gasteiger partial charge < -0.3 is 29.7 Å². The quantitative estimate of drug-likeness (QED) is 0.695. The smallest absolute Gasteiger partial charge is 0.321 e. The minimum Gasteiger partial charge on any atom is -0.493 e. The summed E-state index contributed by atoms with van der Waals surface area (Å²) in [6.45, 7) is 0.867. The first-order valence-electron chi connectivity index (χ1n) is 10.4. The molecule has 1 spiro atoms. The van der Waals surface area contributed by atoms with Crippen LogP contribution in [0.3, 0.4) is 0 Å². The third-order valence-corrected chi connectivity index (χ3v) is 6.01. The van der Waals surface area contributed by atoms with Crippen molar-refractivity contribution in [2.45, 2.75) is 18.5 Å². The molecular weight excluding hydrogens is 448 g/mol. The maximum absolute atomic E-state index is 12.9. The predicted octanol–water partition coefficient (Wildman–Crippen LogP) is 3.31. The molecule has 0 aliphatic carbocycles. The van der Waals surface area contributed by atoms with Gasteiger partial charge in [0.15, 0.2) is 11.5 Å².